The lowest BCUT2D eigenvalue weighted by atomic mass is 9.97. The van der Waals surface area contributed by atoms with E-state index in [2.05, 4.69) is 9.97 Å². The number of benzene rings is 1. The molecule has 3 heterocycles. The Kier molecular flexibility index (Phi) is 5.40. The zero-order valence-electron chi connectivity index (χ0n) is 15.4. The predicted octanol–water partition coefficient (Wildman–Crippen LogP) is 4.25. The number of carbonyl (C=O) groups is 1. The highest BCUT2D eigenvalue weighted by molar-refractivity contribution is 7.21. The van der Waals surface area contributed by atoms with Gasteiger partial charge in [-0.3, -0.25) is 4.79 Å². The molecule has 1 fully saturated rings. The van der Waals surface area contributed by atoms with Crippen LogP contribution in [-0.4, -0.2) is 41.7 Å². The standard InChI is InChI=1S/C20H19F3N4OS/c21-20(22,23)11-24-18(28)14-7-4-8-27(10-14)17-15-9-16(13-5-2-1-3-6-13)29-19(15)26-12-25-17/h1-3,5-6,9,12,14H,4,7-8,10-11H2,(H,24,28). The summed E-state index contributed by atoms with van der Waals surface area (Å²) in [6.07, 6.45) is -1.64. The number of hydrogen-bond acceptors (Lipinski definition) is 5. The molecule has 0 spiro atoms. The second-order valence-electron chi connectivity index (χ2n) is 7.01. The van der Waals surface area contributed by atoms with E-state index in [-0.39, 0.29) is 0 Å². The number of fused-ring (bicyclic) bond motifs is 1. The molecule has 0 aliphatic carbocycles. The van der Waals surface area contributed by atoms with Crippen molar-refractivity contribution in [1.29, 1.82) is 0 Å². The highest BCUT2D eigenvalue weighted by Gasteiger charge is 2.32. The zero-order valence-corrected chi connectivity index (χ0v) is 16.3. The summed E-state index contributed by atoms with van der Waals surface area (Å²) in [5, 5.41) is 2.90. The quantitative estimate of drug-likeness (QED) is 0.686. The van der Waals surface area contributed by atoms with Gasteiger partial charge in [0.05, 0.1) is 11.3 Å². The van der Waals surface area contributed by atoms with Crippen molar-refractivity contribution >= 4 is 33.3 Å². The molecule has 29 heavy (non-hydrogen) atoms. The minimum Gasteiger partial charge on any atom is -0.355 e. The van der Waals surface area contributed by atoms with Gasteiger partial charge in [0.1, 0.15) is 23.5 Å². The van der Waals surface area contributed by atoms with Gasteiger partial charge in [-0.25, -0.2) is 9.97 Å². The summed E-state index contributed by atoms with van der Waals surface area (Å²) in [5.41, 5.74) is 1.09. The normalized spacial score (nSPS) is 17.5. The van der Waals surface area contributed by atoms with Crippen LogP contribution in [-0.2, 0) is 4.79 Å². The summed E-state index contributed by atoms with van der Waals surface area (Å²) in [6, 6.07) is 12.0. The Balaban J connectivity index is 1.56. The lowest BCUT2D eigenvalue weighted by Gasteiger charge is -2.33. The lowest BCUT2D eigenvalue weighted by Crippen LogP contribution is -2.45. The van der Waals surface area contributed by atoms with Gasteiger partial charge in [0.2, 0.25) is 5.91 Å². The van der Waals surface area contributed by atoms with Gasteiger partial charge in [-0.15, -0.1) is 11.3 Å². The zero-order chi connectivity index (χ0) is 20.4. The maximum absolute atomic E-state index is 12.4. The van der Waals surface area contributed by atoms with Crippen LogP contribution in [0.15, 0.2) is 42.7 Å². The molecule has 1 aliphatic rings. The number of halogens is 3. The Bertz CT molecular complexity index is 1010. The number of anilines is 1. The first-order valence-electron chi connectivity index (χ1n) is 9.30. The summed E-state index contributed by atoms with van der Waals surface area (Å²) < 4.78 is 37.2. The Hall–Kier alpha value is -2.68. The first-order valence-corrected chi connectivity index (χ1v) is 10.1. The molecule has 1 saturated heterocycles. The van der Waals surface area contributed by atoms with Gasteiger partial charge in [0, 0.05) is 18.0 Å². The van der Waals surface area contributed by atoms with Crippen LogP contribution in [0.2, 0.25) is 0 Å². The van der Waals surface area contributed by atoms with E-state index in [1.807, 2.05) is 46.6 Å². The van der Waals surface area contributed by atoms with E-state index in [0.717, 1.165) is 26.5 Å². The number of aromatic nitrogens is 2. The fourth-order valence-corrected chi connectivity index (χ4v) is 4.55. The number of hydrogen-bond donors (Lipinski definition) is 1. The van der Waals surface area contributed by atoms with Gasteiger partial charge in [-0.05, 0) is 24.5 Å². The van der Waals surface area contributed by atoms with Crippen molar-refractivity contribution in [3.8, 4) is 10.4 Å². The molecule has 0 saturated carbocycles. The van der Waals surface area contributed by atoms with Gasteiger partial charge in [-0.2, -0.15) is 13.2 Å². The molecule has 9 heteroatoms. The van der Waals surface area contributed by atoms with Gasteiger partial charge in [0.25, 0.3) is 0 Å². The van der Waals surface area contributed by atoms with Crippen LogP contribution < -0.4 is 10.2 Å². The van der Waals surface area contributed by atoms with Crippen LogP contribution in [0, 0.1) is 5.92 Å². The Labute approximate surface area is 169 Å². The van der Waals surface area contributed by atoms with Gasteiger partial charge in [-0.1, -0.05) is 30.3 Å². The second-order valence-corrected chi connectivity index (χ2v) is 8.04. The molecule has 5 nitrogen and oxygen atoms in total. The molecule has 0 bridgehead atoms. The third-order valence-corrected chi connectivity index (χ3v) is 6.01. The summed E-state index contributed by atoms with van der Waals surface area (Å²) >= 11 is 1.56. The monoisotopic (exact) mass is 420 g/mol. The molecule has 152 valence electrons. The van der Waals surface area contributed by atoms with Crippen molar-refractivity contribution < 1.29 is 18.0 Å². The highest BCUT2D eigenvalue weighted by Crippen LogP contribution is 2.37. The highest BCUT2D eigenvalue weighted by atomic mass is 32.1. The van der Waals surface area contributed by atoms with E-state index in [0.29, 0.717) is 25.9 Å². The molecule has 1 N–H and O–H groups in total. The first-order chi connectivity index (χ1) is 13.9. The van der Waals surface area contributed by atoms with Crippen LogP contribution in [0.5, 0.6) is 0 Å². The summed E-state index contributed by atoms with van der Waals surface area (Å²) in [5.74, 6) is -0.335. The summed E-state index contributed by atoms with van der Waals surface area (Å²) in [4.78, 5) is 24.9. The smallest absolute Gasteiger partial charge is 0.355 e. The van der Waals surface area contributed by atoms with Crippen molar-refractivity contribution in [1.82, 2.24) is 15.3 Å². The number of carbonyl (C=O) groups excluding carboxylic acids is 1. The molecule has 2 aromatic heterocycles. The van der Waals surface area contributed by atoms with Gasteiger partial charge in [0.15, 0.2) is 0 Å². The van der Waals surface area contributed by atoms with E-state index in [9.17, 15) is 18.0 Å². The van der Waals surface area contributed by atoms with Crippen molar-refractivity contribution in [2.24, 2.45) is 5.92 Å². The predicted molar refractivity (Wildman–Crippen MR) is 107 cm³/mol. The lowest BCUT2D eigenvalue weighted by molar-refractivity contribution is -0.140. The molecule has 1 amide bonds. The van der Waals surface area contributed by atoms with E-state index < -0.39 is 24.5 Å². The number of amides is 1. The molecule has 1 atom stereocenters. The number of thiophene rings is 1. The van der Waals surface area contributed by atoms with Crippen molar-refractivity contribution in [2.45, 2.75) is 19.0 Å². The minimum atomic E-state index is -4.41. The number of nitrogens with zero attached hydrogens (tertiary/aromatic N) is 3. The van der Waals surface area contributed by atoms with Crippen LogP contribution in [0.1, 0.15) is 12.8 Å². The molecular formula is C20H19F3N4OS. The van der Waals surface area contributed by atoms with E-state index in [1.54, 1.807) is 11.3 Å². The maximum Gasteiger partial charge on any atom is 0.405 e. The van der Waals surface area contributed by atoms with Crippen LogP contribution in [0.4, 0.5) is 19.0 Å². The first kappa shape index (κ1) is 19.6. The molecule has 1 aliphatic heterocycles. The average Bonchev–Trinajstić information content (AvgIpc) is 3.16. The van der Waals surface area contributed by atoms with Crippen molar-refractivity contribution in [3.63, 3.8) is 0 Å². The van der Waals surface area contributed by atoms with Crippen molar-refractivity contribution in [3.05, 3.63) is 42.7 Å². The average molecular weight is 420 g/mol. The van der Waals surface area contributed by atoms with Gasteiger partial charge >= 0.3 is 6.18 Å². The number of piperidine rings is 1. The third-order valence-electron chi connectivity index (χ3n) is 4.92. The largest absolute Gasteiger partial charge is 0.405 e. The summed E-state index contributed by atoms with van der Waals surface area (Å²) in [7, 11) is 0. The van der Waals surface area contributed by atoms with Crippen LogP contribution in [0.3, 0.4) is 0 Å². The maximum atomic E-state index is 12.4. The summed E-state index contributed by atoms with van der Waals surface area (Å²) in [6.45, 7) is -0.261. The molecular weight excluding hydrogens is 401 g/mol. The van der Waals surface area contributed by atoms with E-state index in [4.69, 9.17) is 0 Å². The molecule has 1 unspecified atom stereocenters. The fraction of sp³-hybridized carbons (Fsp3) is 0.350. The Morgan fingerprint density at radius 3 is 2.79 bits per heavy atom. The van der Waals surface area contributed by atoms with Crippen molar-refractivity contribution in [2.75, 3.05) is 24.5 Å². The number of nitrogens with one attached hydrogen (secondary N) is 1. The number of alkyl halides is 3. The third kappa shape index (κ3) is 4.50. The van der Waals surface area contributed by atoms with Crippen LogP contribution >= 0.6 is 11.3 Å². The van der Waals surface area contributed by atoms with E-state index in [1.165, 1.54) is 6.33 Å². The molecule has 0 radical (unpaired) electrons. The topological polar surface area (TPSA) is 58.1 Å². The van der Waals surface area contributed by atoms with Gasteiger partial charge < -0.3 is 10.2 Å². The number of rotatable bonds is 4. The fourth-order valence-electron chi connectivity index (χ4n) is 3.55. The Morgan fingerprint density at radius 1 is 1.24 bits per heavy atom. The van der Waals surface area contributed by atoms with Crippen LogP contribution in [0.25, 0.3) is 20.7 Å². The second kappa shape index (κ2) is 7.98. The molecule has 1 aromatic carbocycles. The Morgan fingerprint density at radius 2 is 2.03 bits per heavy atom. The molecule has 4 rings (SSSR count). The molecule has 3 aromatic rings. The minimum absolute atomic E-state index is 0.340. The van der Waals surface area contributed by atoms with E-state index >= 15 is 0 Å². The SMILES string of the molecule is O=C(NCC(F)(F)F)C1CCCN(c2ncnc3sc(-c4ccccc4)cc23)C1.